The highest BCUT2D eigenvalue weighted by Crippen LogP contribution is 2.30. The number of alkyl halides is 3. The first kappa shape index (κ1) is 14.3. The molecule has 0 spiro atoms. The van der Waals surface area contributed by atoms with Gasteiger partial charge in [-0.05, 0) is 24.6 Å². The summed E-state index contributed by atoms with van der Waals surface area (Å²) in [6, 6.07) is 5.76. The molecule has 0 saturated heterocycles. The van der Waals surface area contributed by atoms with E-state index in [0.29, 0.717) is 17.3 Å². The molecule has 3 aromatic rings. The van der Waals surface area contributed by atoms with E-state index in [9.17, 15) is 22.4 Å². The molecule has 2 aromatic heterocycles. The molecular weight excluding hydrogens is 302 g/mol. The zero-order valence-electron chi connectivity index (χ0n) is 11.2. The van der Waals surface area contributed by atoms with Crippen molar-refractivity contribution in [3.63, 3.8) is 0 Å². The predicted molar refractivity (Wildman–Crippen MR) is 70.9 cm³/mol. The van der Waals surface area contributed by atoms with Crippen molar-refractivity contribution in [1.82, 2.24) is 14.6 Å². The third kappa shape index (κ3) is 2.26. The molecule has 4 nitrogen and oxygen atoms in total. The molecule has 1 aromatic carbocycles. The molecule has 2 heterocycles. The largest absolute Gasteiger partial charge is 0.433 e. The summed E-state index contributed by atoms with van der Waals surface area (Å²) in [5, 5.41) is 2.64. The van der Waals surface area contributed by atoms with Crippen molar-refractivity contribution in [2.45, 2.75) is 13.1 Å². The fourth-order valence-electron chi connectivity index (χ4n) is 2.28. The molecule has 3 rings (SSSR count). The molecular formula is C14H9F4N3O. The first-order valence-corrected chi connectivity index (χ1v) is 6.23. The topological polar surface area (TPSA) is 50.2 Å². The molecule has 0 amide bonds. The molecule has 0 aliphatic heterocycles. The van der Waals surface area contributed by atoms with Crippen LogP contribution in [0.2, 0.25) is 0 Å². The molecule has 0 saturated carbocycles. The van der Waals surface area contributed by atoms with Gasteiger partial charge in [0.15, 0.2) is 11.3 Å². The molecule has 0 atom stereocenters. The minimum absolute atomic E-state index is 0.192. The average Bonchev–Trinajstić information content (AvgIpc) is 2.74. The van der Waals surface area contributed by atoms with E-state index < -0.39 is 23.2 Å². The van der Waals surface area contributed by atoms with E-state index in [4.69, 9.17) is 0 Å². The van der Waals surface area contributed by atoms with Gasteiger partial charge in [-0.25, -0.2) is 13.9 Å². The molecule has 0 aliphatic rings. The summed E-state index contributed by atoms with van der Waals surface area (Å²) in [4.78, 5) is 15.3. The maximum Gasteiger partial charge on any atom is 0.433 e. The van der Waals surface area contributed by atoms with Gasteiger partial charge in [0, 0.05) is 17.3 Å². The zero-order chi connectivity index (χ0) is 16.1. The van der Waals surface area contributed by atoms with Crippen LogP contribution >= 0.6 is 0 Å². The van der Waals surface area contributed by atoms with E-state index in [2.05, 4.69) is 10.1 Å². The number of nitrogens with zero attached hydrogens (tertiary/aromatic N) is 2. The molecule has 0 bridgehead atoms. The lowest BCUT2D eigenvalue weighted by atomic mass is 10.1. The van der Waals surface area contributed by atoms with Gasteiger partial charge in [0.2, 0.25) is 0 Å². The summed E-state index contributed by atoms with van der Waals surface area (Å²) in [7, 11) is 0. The maximum absolute atomic E-state index is 13.4. The van der Waals surface area contributed by atoms with Crippen LogP contribution in [0.15, 0.2) is 35.1 Å². The van der Waals surface area contributed by atoms with Gasteiger partial charge >= 0.3 is 6.18 Å². The van der Waals surface area contributed by atoms with Crippen LogP contribution in [0.4, 0.5) is 17.6 Å². The minimum Gasteiger partial charge on any atom is -0.293 e. The number of hydrogen-bond donors (Lipinski definition) is 1. The molecule has 114 valence electrons. The Morgan fingerprint density at radius 3 is 2.59 bits per heavy atom. The number of aromatic nitrogens is 3. The second-order valence-corrected chi connectivity index (χ2v) is 4.76. The summed E-state index contributed by atoms with van der Waals surface area (Å²) < 4.78 is 52.7. The van der Waals surface area contributed by atoms with Crippen LogP contribution < -0.4 is 5.56 Å². The van der Waals surface area contributed by atoms with Gasteiger partial charge in [-0.3, -0.25) is 9.89 Å². The van der Waals surface area contributed by atoms with E-state index >= 15 is 0 Å². The third-order valence-corrected chi connectivity index (χ3v) is 3.20. The van der Waals surface area contributed by atoms with Crippen molar-refractivity contribution in [2.75, 3.05) is 0 Å². The van der Waals surface area contributed by atoms with Crippen LogP contribution in [-0.2, 0) is 6.18 Å². The molecule has 0 unspecified atom stereocenters. The van der Waals surface area contributed by atoms with Crippen LogP contribution in [0, 0.1) is 12.7 Å². The number of benzene rings is 1. The van der Waals surface area contributed by atoms with E-state index in [0.717, 1.165) is 4.52 Å². The SMILES string of the molecule is Cc1[nH]n2c(=O)cc(C(F)(F)F)nc2c1-c1cccc(F)c1. The van der Waals surface area contributed by atoms with Gasteiger partial charge in [0.25, 0.3) is 5.56 Å². The Kier molecular flexibility index (Phi) is 3.05. The van der Waals surface area contributed by atoms with Gasteiger partial charge in [-0.2, -0.15) is 13.2 Å². The molecule has 0 radical (unpaired) electrons. The van der Waals surface area contributed by atoms with Gasteiger partial charge in [-0.1, -0.05) is 12.1 Å². The highest BCUT2D eigenvalue weighted by Gasteiger charge is 2.34. The van der Waals surface area contributed by atoms with Gasteiger partial charge in [0.05, 0.1) is 0 Å². The molecule has 8 heteroatoms. The van der Waals surface area contributed by atoms with E-state index in [1.54, 1.807) is 6.92 Å². The number of aryl methyl sites for hydroxylation is 1. The number of aromatic amines is 1. The lowest BCUT2D eigenvalue weighted by Gasteiger charge is -2.06. The van der Waals surface area contributed by atoms with Gasteiger partial charge in [0.1, 0.15) is 5.82 Å². The smallest absolute Gasteiger partial charge is 0.293 e. The number of halogens is 4. The Hall–Kier alpha value is -2.64. The normalized spacial score (nSPS) is 12.0. The van der Waals surface area contributed by atoms with Crippen LogP contribution in [-0.4, -0.2) is 14.6 Å². The van der Waals surface area contributed by atoms with Crippen molar-refractivity contribution in [2.24, 2.45) is 0 Å². The number of fused-ring (bicyclic) bond motifs is 1. The highest BCUT2D eigenvalue weighted by molar-refractivity contribution is 5.79. The Morgan fingerprint density at radius 2 is 1.95 bits per heavy atom. The summed E-state index contributed by atoms with van der Waals surface area (Å²) in [6.45, 7) is 1.57. The van der Waals surface area contributed by atoms with Crippen LogP contribution in [0.5, 0.6) is 0 Å². The summed E-state index contributed by atoms with van der Waals surface area (Å²) in [6.07, 6.45) is -4.74. The first-order valence-electron chi connectivity index (χ1n) is 6.23. The number of nitrogens with one attached hydrogen (secondary N) is 1. The molecule has 0 fully saturated rings. The minimum atomic E-state index is -4.74. The number of H-pyrrole nitrogens is 1. The second kappa shape index (κ2) is 4.69. The third-order valence-electron chi connectivity index (χ3n) is 3.20. The first-order chi connectivity index (χ1) is 10.3. The Labute approximate surface area is 121 Å². The van der Waals surface area contributed by atoms with Crippen molar-refractivity contribution in [3.8, 4) is 11.1 Å². The molecule has 1 N–H and O–H groups in total. The fourth-order valence-corrected chi connectivity index (χ4v) is 2.28. The van der Waals surface area contributed by atoms with Crippen LogP contribution in [0.25, 0.3) is 16.8 Å². The predicted octanol–water partition coefficient (Wildman–Crippen LogP) is 3.16. The zero-order valence-corrected chi connectivity index (χ0v) is 11.2. The van der Waals surface area contributed by atoms with E-state index in [1.807, 2.05) is 0 Å². The van der Waals surface area contributed by atoms with Crippen LogP contribution in [0.1, 0.15) is 11.4 Å². The van der Waals surface area contributed by atoms with E-state index in [-0.39, 0.29) is 11.2 Å². The lowest BCUT2D eigenvalue weighted by Crippen LogP contribution is -2.20. The van der Waals surface area contributed by atoms with Gasteiger partial charge in [-0.15, -0.1) is 0 Å². The summed E-state index contributed by atoms with van der Waals surface area (Å²) in [5.74, 6) is -0.537. The Bertz CT molecular complexity index is 924. The maximum atomic E-state index is 13.4. The van der Waals surface area contributed by atoms with E-state index in [1.165, 1.54) is 24.3 Å². The standard InChI is InChI=1S/C14H9F4N3O/c1-7-12(8-3-2-4-9(15)5-8)13-19-10(14(16,17)18)6-11(22)21(13)20-7/h2-6,20H,1H3. The highest BCUT2D eigenvalue weighted by atomic mass is 19.4. The lowest BCUT2D eigenvalue weighted by molar-refractivity contribution is -0.141. The van der Waals surface area contributed by atoms with Crippen molar-refractivity contribution in [1.29, 1.82) is 0 Å². The van der Waals surface area contributed by atoms with Crippen LogP contribution in [0.3, 0.4) is 0 Å². The second-order valence-electron chi connectivity index (χ2n) is 4.76. The average molecular weight is 311 g/mol. The number of hydrogen-bond acceptors (Lipinski definition) is 2. The summed E-state index contributed by atoms with van der Waals surface area (Å²) >= 11 is 0. The van der Waals surface area contributed by atoms with Crippen molar-refractivity contribution >= 4 is 5.65 Å². The monoisotopic (exact) mass is 311 g/mol. The van der Waals surface area contributed by atoms with Gasteiger partial charge < -0.3 is 0 Å². The van der Waals surface area contributed by atoms with Crippen molar-refractivity contribution in [3.05, 3.63) is 57.9 Å². The quantitative estimate of drug-likeness (QED) is 0.702. The summed E-state index contributed by atoms with van der Waals surface area (Å²) in [5.41, 5.74) is -1.36. The van der Waals surface area contributed by atoms with Crippen molar-refractivity contribution < 1.29 is 17.6 Å². The molecule has 0 aliphatic carbocycles. The fraction of sp³-hybridized carbons (Fsp3) is 0.143. The number of rotatable bonds is 1. The Balaban J connectivity index is 2.38. The molecule has 22 heavy (non-hydrogen) atoms. The Morgan fingerprint density at radius 1 is 1.23 bits per heavy atom.